The van der Waals surface area contributed by atoms with Crippen molar-refractivity contribution < 1.29 is 9.53 Å². The van der Waals surface area contributed by atoms with Crippen LogP contribution in [0.2, 0.25) is 5.02 Å². The van der Waals surface area contributed by atoms with E-state index in [9.17, 15) is 4.79 Å². The number of hydrogen-bond donors (Lipinski definition) is 0. The third kappa shape index (κ3) is 4.59. The van der Waals surface area contributed by atoms with E-state index in [4.69, 9.17) is 16.3 Å². The summed E-state index contributed by atoms with van der Waals surface area (Å²) in [6, 6.07) is 14.7. The Morgan fingerprint density at radius 2 is 2.08 bits per heavy atom. The molecule has 0 saturated carbocycles. The van der Waals surface area contributed by atoms with Gasteiger partial charge in [0.05, 0.1) is 11.2 Å². The molecule has 0 bridgehead atoms. The van der Waals surface area contributed by atoms with Gasteiger partial charge >= 0.3 is 0 Å². The molecule has 0 saturated heterocycles. The topological polar surface area (TPSA) is 42.4 Å². The molecule has 1 amide bonds. The van der Waals surface area contributed by atoms with Gasteiger partial charge in [-0.05, 0) is 29.8 Å². The number of rotatable bonds is 6. The van der Waals surface area contributed by atoms with Crippen LogP contribution < -0.4 is 4.74 Å². The lowest BCUT2D eigenvalue weighted by Gasteiger charge is -2.18. The molecule has 6 heteroatoms. The van der Waals surface area contributed by atoms with Gasteiger partial charge in [0.25, 0.3) is 5.91 Å². The molecule has 3 rings (SSSR count). The molecule has 0 fully saturated rings. The van der Waals surface area contributed by atoms with Gasteiger partial charge in [-0.1, -0.05) is 35.9 Å². The molecule has 0 unspecified atom stereocenters. The SMILES string of the molecule is CN(Cc1ccccc1Cl)C(=O)c1cccc(OCc2cscn2)c1. The largest absolute Gasteiger partial charge is 0.487 e. The average Bonchev–Trinajstić information content (AvgIpc) is 3.15. The van der Waals surface area contributed by atoms with Gasteiger partial charge in [-0.15, -0.1) is 11.3 Å². The lowest BCUT2D eigenvalue weighted by Crippen LogP contribution is -2.26. The Morgan fingerprint density at radius 1 is 1.24 bits per heavy atom. The van der Waals surface area contributed by atoms with Crippen LogP contribution >= 0.6 is 22.9 Å². The number of ether oxygens (including phenoxy) is 1. The number of benzene rings is 2. The molecule has 0 spiro atoms. The second kappa shape index (κ2) is 8.14. The predicted molar refractivity (Wildman–Crippen MR) is 100 cm³/mol. The van der Waals surface area contributed by atoms with Gasteiger partial charge in [-0.3, -0.25) is 4.79 Å². The number of aromatic nitrogens is 1. The zero-order chi connectivity index (χ0) is 17.6. The van der Waals surface area contributed by atoms with Gasteiger partial charge in [0.1, 0.15) is 12.4 Å². The van der Waals surface area contributed by atoms with Crippen molar-refractivity contribution in [3.05, 3.63) is 81.3 Å². The van der Waals surface area contributed by atoms with Crippen molar-refractivity contribution in [2.45, 2.75) is 13.2 Å². The standard InChI is InChI=1S/C19H17ClN2O2S/c1-22(10-15-5-2-3-8-18(15)20)19(23)14-6-4-7-17(9-14)24-11-16-12-25-13-21-16/h2-9,12-13H,10-11H2,1H3. The van der Waals surface area contributed by atoms with Crippen LogP contribution in [0.1, 0.15) is 21.6 Å². The molecule has 0 aliphatic heterocycles. The lowest BCUT2D eigenvalue weighted by molar-refractivity contribution is 0.0784. The smallest absolute Gasteiger partial charge is 0.254 e. The molecule has 0 aliphatic rings. The molecule has 3 aromatic rings. The minimum atomic E-state index is -0.0842. The number of amides is 1. The maximum absolute atomic E-state index is 12.7. The van der Waals surface area contributed by atoms with E-state index in [-0.39, 0.29) is 5.91 Å². The quantitative estimate of drug-likeness (QED) is 0.632. The van der Waals surface area contributed by atoms with E-state index >= 15 is 0 Å². The molecule has 0 radical (unpaired) electrons. The van der Waals surface area contributed by atoms with Gasteiger partial charge in [0.15, 0.2) is 0 Å². The number of thiazole rings is 1. The highest BCUT2D eigenvalue weighted by molar-refractivity contribution is 7.07. The summed E-state index contributed by atoms with van der Waals surface area (Å²) in [5.41, 5.74) is 4.13. The summed E-state index contributed by atoms with van der Waals surface area (Å²) in [4.78, 5) is 18.5. The van der Waals surface area contributed by atoms with Crippen LogP contribution in [-0.4, -0.2) is 22.8 Å². The first kappa shape index (κ1) is 17.5. The lowest BCUT2D eigenvalue weighted by atomic mass is 10.1. The second-order valence-electron chi connectivity index (χ2n) is 5.55. The van der Waals surface area contributed by atoms with Gasteiger partial charge < -0.3 is 9.64 Å². The number of nitrogens with zero attached hydrogens (tertiary/aromatic N) is 2. The summed E-state index contributed by atoms with van der Waals surface area (Å²) < 4.78 is 5.71. The van der Waals surface area contributed by atoms with Crippen molar-refractivity contribution in [2.24, 2.45) is 0 Å². The Hall–Kier alpha value is -2.37. The Kier molecular flexibility index (Phi) is 5.68. The van der Waals surface area contributed by atoms with E-state index in [2.05, 4.69) is 4.98 Å². The highest BCUT2D eigenvalue weighted by Gasteiger charge is 2.14. The van der Waals surface area contributed by atoms with Crippen molar-refractivity contribution in [1.29, 1.82) is 0 Å². The summed E-state index contributed by atoms with van der Waals surface area (Å²) in [6.07, 6.45) is 0. The summed E-state index contributed by atoms with van der Waals surface area (Å²) in [5.74, 6) is 0.559. The van der Waals surface area contributed by atoms with Crippen LogP contribution in [0.4, 0.5) is 0 Å². The van der Waals surface area contributed by atoms with Crippen LogP contribution in [0.15, 0.2) is 59.4 Å². The first-order valence-electron chi connectivity index (χ1n) is 7.72. The molecule has 25 heavy (non-hydrogen) atoms. The van der Waals surface area contributed by atoms with Crippen molar-refractivity contribution in [2.75, 3.05) is 7.05 Å². The fourth-order valence-corrected chi connectivity index (χ4v) is 3.10. The van der Waals surface area contributed by atoms with Gasteiger partial charge in [-0.2, -0.15) is 0 Å². The first-order chi connectivity index (χ1) is 12.1. The highest BCUT2D eigenvalue weighted by atomic mass is 35.5. The molecule has 0 N–H and O–H groups in total. The zero-order valence-electron chi connectivity index (χ0n) is 13.7. The summed E-state index contributed by atoms with van der Waals surface area (Å²) >= 11 is 7.70. The minimum absolute atomic E-state index is 0.0842. The molecule has 128 valence electrons. The molecule has 4 nitrogen and oxygen atoms in total. The number of halogens is 1. The molecule has 0 atom stereocenters. The van der Waals surface area contributed by atoms with Crippen molar-refractivity contribution in [3.8, 4) is 5.75 Å². The van der Waals surface area contributed by atoms with E-state index in [0.717, 1.165) is 11.3 Å². The van der Waals surface area contributed by atoms with Crippen LogP contribution in [-0.2, 0) is 13.2 Å². The Balaban J connectivity index is 1.67. The molecular formula is C19H17ClN2O2S. The fourth-order valence-electron chi connectivity index (χ4n) is 2.36. The number of carbonyl (C=O) groups is 1. The monoisotopic (exact) mass is 372 g/mol. The normalized spacial score (nSPS) is 10.5. The third-order valence-corrected chi connectivity index (χ3v) is 4.67. The second-order valence-corrected chi connectivity index (χ2v) is 6.67. The van der Waals surface area contributed by atoms with E-state index in [1.165, 1.54) is 11.3 Å². The average molecular weight is 373 g/mol. The molecular weight excluding hydrogens is 356 g/mol. The minimum Gasteiger partial charge on any atom is -0.487 e. The third-order valence-electron chi connectivity index (χ3n) is 3.66. The molecule has 2 aromatic carbocycles. The van der Waals surface area contributed by atoms with Crippen LogP contribution in [0.3, 0.4) is 0 Å². The summed E-state index contributed by atoms with van der Waals surface area (Å²) in [5, 5.41) is 2.59. The van der Waals surface area contributed by atoms with E-state index in [1.807, 2.05) is 41.8 Å². The molecule has 1 aromatic heterocycles. The Bertz CT molecular complexity index is 852. The van der Waals surface area contributed by atoms with Crippen LogP contribution in [0.5, 0.6) is 5.75 Å². The summed E-state index contributed by atoms with van der Waals surface area (Å²) in [6.45, 7) is 0.832. The van der Waals surface area contributed by atoms with Crippen LogP contribution in [0, 0.1) is 0 Å². The van der Waals surface area contributed by atoms with E-state index in [1.54, 1.807) is 29.6 Å². The Morgan fingerprint density at radius 3 is 2.84 bits per heavy atom. The van der Waals surface area contributed by atoms with Crippen molar-refractivity contribution in [1.82, 2.24) is 9.88 Å². The van der Waals surface area contributed by atoms with E-state index < -0.39 is 0 Å². The van der Waals surface area contributed by atoms with Crippen molar-refractivity contribution in [3.63, 3.8) is 0 Å². The first-order valence-corrected chi connectivity index (χ1v) is 9.04. The fraction of sp³-hybridized carbons (Fsp3) is 0.158. The predicted octanol–water partition coefficient (Wildman–Crippen LogP) is 4.65. The van der Waals surface area contributed by atoms with Crippen LogP contribution in [0.25, 0.3) is 0 Å². The number of carbonyl (C=O) groups excluding carboxylic acids is 1. The maximum atomic E-state index is 12.7. The van der Waals surface area contributed by atoms with Crippen molar-refractivity contribution >= 4 is 28.8 Å². The Labute approximate surface area is 155 Å². The van der Waals surface area contributed by atoms with Gasteiger partial charge in [0.2, 0.25) is 0 Å². The highest BCUT2D eigenvalue weighted by Crippen LogP contribution is 2.20. The molecule has 1 heterocycles. The van der Waals surface area contributed by atoms with Gasteiger partial charge in [0, 0.05) is 29.6 Å². The maximum Gasteiger partial charge on any atom is 0.254 e. The number of hydrogen-bond acceptors (Lipinski definition) is 4. The summed E-state index contributed by atoms with van der Waals surface area (Å²) in [7, 11) is 1.76. The zero-order valence-corrected chi connectivity index (χ0v) is 15.3. The van der Waals surface area contributed by atoms with Gasteiger partial charge in [-0.25, -0.2) is 4.98 Å². The molecule has 0 aliphatic carbocycles. The van der Waals surface area contributed by atoms with E-state index in [0.29, 0.717) is 29.5 Å².